The number of anilines is 6. The third-order valence-electron chi connectivity index (χ3n) is 16.2. The van der Waals surface area contributed by atoms with Gasteiger partial charge in [-0.3, -0.25) is 0 Å². The number of nitrogens with zero attached hydrogens (tertiary/aromatic N) is 2. The highest BCUT2D eigenvalue weighted by atomic mass is 35.5. The molecule has 3 nitrogen and oxygen atoms in total. The highest BCUT2D eigenvalue weighted by Gasteiger charge is 2.53. The fourth-order valence-electron chi connectivity index (χ4n) is 12.1. The van der Waals surface area contributed by atoms with Crippen LogP contribution < -0.4 is 9.80 Å². The van der Waals surface area contributed by atoms with Crippen molar-refractivity contribution in [2.24, 2.45) is 0 Å². The first-order valence-electron chi connectivity index (χ1n) is 26.7. The van der Waals surface area contributed by atoms with E-state index in [-0.39, 0.29) is 29.1 Å². The zero-order valence-corrected chi connectivity index (χ0v) is 46.3. The normalized spacial score (nSPS) is 14.9. The zero-order chi connectivity index (χ0) is 52.6. The minimum atomic E-state index is -0.783. The molecule has 1 aromatic heterocycles. The summed E-state index contributed by atoms with van der Waals surface area (Å²) in [7, 11) is 0. The molecular weight excluding hydrogens is 944 g/mol. The van der Waals surface area contributed by atoms with E-state index >= 15 is 0 Å². The minimum absolute atomic E-state index is 0. The lowest BCUT2D eigenvalue weighted by Crippen LogP contribution is -2.26. The number of furan rings is 1. The molecule has 0 amide bonds. The van der Waals surface area contributed by atoms with Crippen molar-refractivity contribution in [3.8, 4) is 22.3 Å². The van der Waals surface area contributed by atoms with E-state index in [0.717, 1.165) is 67.2 Å². The van der Waals surface area contributed by atoms with Crippen LogP contribution >= 0.6 is 11.6 Å². The van der Waals surface area contributed by atoms with E-state index in [0.29, 0.717) is 5.02 Å². The summed E-state index contributed by atoms with van der Waals surface area (Å²) in [6.45, 7) is 27.4. The summed E-state index contributed by atoms with van der Waals surface area (Å²) in [6, 6.07) is 70.5. The highest BCUT2D eigenvalue weighted by Crippen LogP contribution is 2.66. The van der Waals surface area contributed by atoms with Gasteiger partial charge >= 0.3 is 0 Å². The summed E-state index contributed by atoms with van der Waals surface area (Å²) in [5.74, 6) is 0. The summed E-state index contributed by atoms with van der Waals surface area (Å²) in [5, 5.41) is 2.86. The Morgan fingerprint density at radius 1 is 0.382 bits per heavy atom. The molecule has 12 rings (SSSR count). The van der Waals surface area contributed by atoms with Crippen LogP contribution in [0, 0.1) is 0 Å². The number of para-hydroxylation sites is 1. The first-order chi connectivity index (χ1) is 35.6. The van der Waals surface area contributed by atoms with Crippen molar-refractivity contribution < 1.29 is 4.42 Å². The van der Waals surface area contributed by atoms with Crippen LogP contribution in [-0.2, 0) is 27.1 Å². The van der Waals surface area contributed by atoms with E-state index < -0.39 is 5.41 Å². The number of hydrogen-bond donors (Lipinski definition) is 0. The first-order valence-corrected chi connectivity index (χ1v) is 27.1. The van der Waals surface area contributed by atoms with Crippen molar-refractivity contribution in [3.63, 3.8) is 0 Å². The van der Waals surface area contributed by atoms with Crippen LogP contribution in [0.4, 0.5) is 34.1 Å². The second kappa shape index (κ2) is 17.9. The van der Waals surface area contributed by atoms with Crippen LogP contribution in [0.1, 0.15) is 135 Å². The molecule has 0 saturated heterocycles. The summed E-state index contributed by atoms with van der Waals surface area (Å²) in [5.41, 5.74) is 22.0. The van der Waals surface area contributed by atoms with Gasteiger partial charge in [-0.15, -0.1) is 0 Å². The van der Waals surface area contributed by atoms with E-state index in [1.807, 2.05) is 6.07 Å². The first kappa shape index (κ1) is 50.8. The van der Waals surface area contributed by atoms with Gasteiger partial charge in [-0.2, -0.15) is 0 Å². The highest BCUT2D eigenvalue weighted by molar-refractivity contribution is 6.31. The smallest absolute Gasteiger partial charge is 0.145 e. The molecule has 0 saturated carbocycles. The van der Waals surface area contributed by atoms with Crippen molar-refractivity contribution in [1.29, 1.82) is 0 Å². The minimum Gasteiger partial charge on any atom is -0.455 e. The molecule has 382 valence electrons. The Morgan fingerprint density at radius 2 is 0.803 bits per heavy atom. The molecule has 0 radical (unpaired) electrons. The number of halogens is 1. The van der Waals surface area contributed by atoms with Gasteiger partial charge in [0, 0.05) is 44.4 Å². The van der Waals surface area contributed by atoms with Crippen molar-refractivity contribution >= 4 is 67.7 Å². The summed E-state index contributed by atoms with van der Waals surface area (Å²) in [4.78, 5) is 4.90. The lowest BCUT2D eigenvalue weighted by Gasteiger charge is -2.34. The maximum Gasteiger partial charge on any atom is 0.145 e. The van der Waals surface area contributed by atoms with Gasteiger partial charge in [0.1, 0.15) is 11.2 Å². The molecule has 1 heterocycles. The van der Waals surface area contributed by atoms with Gasteiger partial charge in [0.15, 0.2) is 0 Å². The fourth-order valence-corrected chi connectivity index (χ4v) is 12.3. The molecule has 1 unspecified atom stereocenters. The number of hydrogen-bond acceptors (Lipinski definition) is 3. The monoisotopic (exact) mass is 1010 g/mol. The topological polar surface area (TPSA) is 19.6 Å². The molecule has 0 N–H and O–H groups in total. The van der Waals surface area contributed by atoms with Crippen LogP contribution in [0.25, 0.3) is 44.2 Å². The molecule has 2 aliphatic rings. The van der Waals surface area contributed by atoms with Crippen molar-refractivity contribution in [3.05, 3.63) is 238 Å². The Bertz CT molecular complexity index is 3740. The maximum absolute atomic E-state index is 7.38. The van der Waals surface area contributed by atoms with Crippen molar-refractivity contribution in [1.82, 2.24) is 0 Å². The van der Waals surface area contributed by atoms with E-state index in [2.05, 4.69) is 275 Å². The van der Waals surface area contributed by atoms with Crippen molar-refractivity contribution in [2.45, 2.75) is 118 Å². The van der Waals surface area contributed by atoms with Gasteiger partial charge in [0.25, 0.3) is 0 Å². The van der Waals surface area contributed by atoms with Crippen LogP contribution in [0.3, 0.4) is 0 Å². The average Bonchev–Trinajstić information content (AvgIpc) is 3.98. The zero-order valence-electron chi connectivity index (χ0n) is 45.6. The molecule has 76 heavy (non-hydrogen) atoms. The molecule has 0 aliphatic heterocycles. The lowest BCUT2D eigenvalue weighted by molar-refractivity contribution is 0.590. The molecule has 1 atom stereocenters. The van der Waals surface area contributed by atoms with Gasteiger partial charge in [-0.25, -0.2) is 0 Å². The SMILES string of the molecule is C.CC(C)(C)c1ccc(N(c2ccc(C(C)(C)C)cc2)c2ccc3c(c2)C2(c4ccccc4-c4ccc(Cl)cc42)c2cc(N(c4ccc(C(C)(C)C)cc4)c4ccc(C(C)(C)C)cc4)c4c(oc5ccccc54)c2-3)cc1. The molecule has 10 aromatic rings. The Hall–Kier alpha value is -7.33. The van der Waals surface area contributed by atoms with Crippen molar-refractivity contribution in [2.75, 3.05) is 9.80 Å². The quantitative estimate of drug-likeness (QED) is 0.165. The lowest BCUT2D eigenvalue weighted by atomic mass is 9.70. The summed E-state index contributed by atoms with van der Waals surface area (Å²) < 4.78 is 7.38. The Kier molecular flexibility index (Phi) is 12.0. The van der Waals surface area contributed by atoms with Crippen LogP contribution in [-0.4, -0.2) is 0 Å². The number of fused-ring (bicyclic) bond motifs is 14. The average molecular weight is 1020 g/mol. The molecule has 1 spiro atoms. The van der Waals surface area contributed by atoms with Gasteiger partial charge in [0.2, 0.25) is 0 Å². The number of benzene rings is 9. The van der Waals surface area contributed by atoms with Gasteiger partial charge in [-0.1, -0.05) is 205 Å². The Morgan fingerprint density at radius 3 is 1.32 bits per heavy atom. The molecule has 0 fully saturated rings. The summed E-state index contributed by atoms with van der Waals surface area (Å²) in [6.07, 6.45) is 0. The fraction of sp³-hybridized carbons (Fsp3) is 0.250. The Balaban J connectivity index is 0.00000616. The molecule has 0 bridgehead atoms. The molecular formula is C72H71ClN2O. The van der Waals surface area contributed by atoms with Crippen LogP contribution in [0.5, 0.6) is 0 Å². The van der Waals surface area contributed by atoms with E-state index in [1.165, 1.54) is 55.6 Å². The second-order valence-electron chi connectivity index (χ2n) is 25.2. The van der Waals surface area contributed by atoms with E-state index in [9.17, 15) is 0 Å². The third-order valence-corrected chi connectivity index (χ3v) is 16.4. The Labute approximate surface area is 456 Å². The van der Waals surface area contributed by atoms with Crippen LogP contribution in [0.2, 0.25) is 5.02 Å². The summed E-state index contributed by atoms with van der Waals surface area (Å²) >= 11 is 7.26. The van der Waals surface area contributed by atoms with Crippen LogP contribution in [0.15, 0.2) is 192 Å². The predicted octanol–water partition coefficient (Wildman–Crippen LogP) is 21.3. The van der Waals surface area contributed by atoms with Gasteiger partial charge in [-0.05, 0) is 168 Å². The predicted molar refractivity (Wildman–Crippen MR) is 326 cm³/mol. The maximum atomic E-state index is 7.38. The molecule has 4 heteroatoms. The standard InChI is InChI=1S/C71H67ClN2O.CH4/c1-67(2,3)44-21-30-49(31-22-44)73(50-32-23-45(24-33-50)68(4,5)6)53-38-40-56-60(42-53)71(58-19-15-13-17-54(58)55-39-29-48(72)41-59(55)71)61-43-62(65-57-18-14-16-20-63(57)75-66(65)64(56)61)74(51-34-25-46(26-35-51)69(7,8)9)52-36-27-47(28-37-52)70(10,11)12;/h13-43H,1-12H3;1H4. The largest absolute Gasteiger partial charge is 0.455 e. The van der Waals surface area contributed by atoms with Gasteiger partial charge < -0.3 is 14.2 Å². The van der Waals surface area contributed by atoms with E-state index in [4.69, 9.17) is 16.0 Å². The van der Waals surface area contributed by atoms with Gasteiger partial charge in [0.05, 0.1) is 16.5 Å². The number of rotatable bonds is 6. The third kappa shape index (κ3) is 8.08. The second-order valence-corrected chi connectivity index (χ2v) is 25.6. The van der Waals surface area contributed by atoms with E-state index in [1.54, 1.807) is 0 Å². The molecule has 2 aliphatic carbocycles. The molecule has 9 aromatic carbocycles.